The largest absolute Gasteiger partial charge is 0.330 e. The van der Waals surface area contributed by atoms with Gasteiger partial charge in [0, 0.05) is 40.7 Å². The summed E-state index contributed by atoms with van der Waals surface area (Å²) in [7, 11) is 0. The van der Waals surface area contributed by atoms with Gasteiger partial charge in [0.25, 0.3) is 0 Å². The van der Waals surface area contributed by atoms with Gasteiger partial charge >= 0.3 is 0 Å². The SMILES string of the molecule is NCCc1ccnc(-c2cncc(Br)c2)n1. The van der Waals surface area contributed by atoms with Gasteiger partial charge in [0.15, 0.2) is 5.82 Å². The van der Waals surface area contributed by atoms with Crippen molar-refractivity contribution in [1.29, 1.82) is 0 Å². The Bertz CT molecular complexity index is 487. The molecule has 82 valence electrons. The Morgan fingerprint density at radius 1 is 1.31 bits per heavy atom. The van der Waals surface area contributed by atoms with E-state index in [1.165, 1.54) is 0 Å². The summed E-state index contributed by atoms with van der Waals surface area (Å²) < 4.78 is 0.915. The Balaban J connectivity index is 2.36. The summed E-state index contributed by atoms with van der Waals surface area (Å²) in [5.41, 5.74) is 7.34. The van der Waals surface area contributed by atoms with E-state index in [4.69, 9.17) is 5.73 Å². The first kappa shape index (κ1) is 11.2. The Kier molecular flexibility index (Phi) is 3.58. The molecule has 4 nitrogen and oxygen atoms in total. The van der Waals surface area contributed by atoms with E-state index in [9.17, 15) is 0 Å². The van der Waals surface area contributed by atoms with Gasteiger partial charge in [0.2, 0.25) is 0 Å². The van der Waals surface area contributed by atoms with Gasteiger partial charge in [-0.1, -0.05) is 0 Å². The van der Waals surface area contributed by atoms with Crippen LogP contribution in [0, 0.1) is 0 Å². The van der Waals surface area contributed by atoms with Crippen LogP contribution < -0.4 is 5.73 Å². The highest BCUT2D eigenvalue weighted by Gasteiger charge is 2.03. The highest BCUT2D eigenvalue weighted by Crippen LogP contribution is 2.18. The van der Waals surface area contributed by atoms with E-state index >= 15 is 0 Å². The molecule has 2 aromatic rings. The first-order valence-electron chi connectivity index (χ1n) is 4.92. The molecule has 0 aliphatic heterocycles. The normalized spacial score (nSPS) is 10.4. The van der Waals surface area contributed by atoms with Crippen LogP contribution in [0.15, 0.2) is 35.2 Å². The summed E-state index contributed by atoms with van der Waals surface area (Å²) >= 11 is 3.37. The molecule has 2 N–H and O–H groups in total. The van der Waals surface area contributed by atoms with E-state index < -0.39 is 0 Å². The van der Waals surface area contributed by atoms with Crippen molar-refractivity contribution in [3.63, 3.8) is 0 Å². The Morgan fingerprint density at radius 3 is 2.94 bits per heavy atom. The standard InChI is InChI=1S/C11H11BrN4/c12-9-5-8(6-14-7-9)11-15-4-2-10(16-11)1-3-13/h2,4-7H,1,3,13H2. The number of nitrogens with two attached hydrogens (primary N) is 1. The third kappa shape index (κ3) is 2.62. The van der Waals surface area contributed by atoms with Crippen LogP contribution >= 0.6 is 15.9 Å². The smallest absolute Gasteiger partial charge is 0.160 e. The fourth-order valence-corrected chi connectivity index (χ4v) is 1.72. The molecular weight excluding hydrogens is 268 g/mol. The highest BCUT2D eigenvalue weighted by molar-refractivity contribution is 9.10. The fourth-order valence-electron chi connectivity index (χ4n) is 1.36. The van der Waals surface area contributed by atoms with Crippen molar-refractivity contribution in [3.05, 3.63) is 40.9 Å². The number of rotatable bonds is 3. The number of pyridine rings is 1. The second kappa shape index (κ2) is 5.14. The zero-order chi connectivity index (χ0) is 11.4. The number of aromatic nitrogens is 3. The molecule has 2 aromatic heterocycles. The van der Waals surface area contributed by atoms with Crippen molar-refractivity contribution in [2.24, 2.45) is 5.73 Å². The van der Waals surface area contributed by atoms with E-state index in [0.29, 0.717) is 12.4 Å². The van der Waals surface area contributed by atoms with Crippen LogP contribution in [0.5, 0.6) is 0 Å². The van der Waals surface area contributed by atoms with Crippen molar-refractivity contribution in [1.82, 2.24) is 15.0 Å². The second-order valence-corrected chi connectivity index (χ2v) is 4.22. The molecule has 0 aliphatic rings. The molecule has 0 aliphatic carbocycles. The lowest BCUT2D eigenvalue weighted by Gasteiger charge is -2.02. The molecule has 0 unspecified atom stereocenters. The summed E-state index contributed by atoms with van der Waals surface area (Å²) in [4.78, 5) is 12.7. The van der Waals surface area contributed by atoms with E-state index in [1.807, 2.05) is 12.1 Å². The molecule has 0 atom stereocenters. The van der Waals surface area contributed by atoms with Crippen molar-refractivity contribution < 1.29 is 0 Å². The molecule has 0 amide bonds. The average Bonchev–Trinajstić information content (AvgIpc) is 2.30. The third-order valence-electron chi connectivity index (χ3n) is 2.08. The molecular formula is C11H11BrN4. The van der Waals surface area contributed by atoms with Crippen LogP contribution in [0.3, 0.4) is 0 Å². The number of nitrogens with zero attached hydrogens (tertiary/aromatic N) is 3. The van der Waals surface area contributed by atoms with Crippen LogP contribution in [-0.4, -0.2) is 21.5 Å². The quantitative estimate of drug-likeness (QED) is 0.930. The molecule has 0 spiro atoms. The lowest BCUT2D eigenvalue weighted by atomic mass is 10.2. The minimum Gasteiger partial charge on any atom is -0.330 e. The summed E-state index contributed by atoms with van der Waals surface area (Å²) in [5, 5.41) is 0. The van der Waals surface area contributed by atoms with Gasteiger partial charge in [-0.2, -0.15) is 0 Å². The van der Waals surface area contributed by atoms with Gasteiger partial charge in [-0.05, 0) is 34.6 Å². The Morgan fingerprint density at radius 2 is 2.19 bits per heavy atom. The maximum atomic E-state index is 5.49. The van der Waals surface area contributed by atoms with Gasteiger partial charge in [-0.25, -0.2) is 9.97 Å². The summed E-state index contributed by atoms with van der Waals surface area (Å²) in [6.07, 6.45) is 5.98. The van der Waals surface area contributed by atoms with Crippen LogP contribution in [0.1, 0.15) is 5.69 Å². The number of halogens is 1. The zero-order valence-corrected chi connectivity index (χ0v) is 10.2. The molecule has 16 heavy (non-hydrogen) atoms. The summed E-state index contributed by atoms with van der Waals surface area (Å²) in [5.74, 6) is 0.680. The van der Waals surface area contributed by atoms with Gasteiger partial charge in [-0.15, -0.1) is 0 Å². The van der Waals surface area contributed by atoms with Crippen LogP contribution in [0.2, 0.25) is 0 Å². The molecule has 0 saturated heterocycles. The topological polar surface area (TPSA) is 64.7 Å². The predicted octanol–water partition coefficient (Wildman–Crippen LogP) is 1.80. The Labute approximate surface area is 102 Å². The number of hydrogen-bond acceptors (Lipinski definition) is 4. The molecule has 0 aromatic carbocycles. The molecule has 0 bridgehead atoms. The highest BCUT2D eigenvalue weighted by atomic mass is 79.9. The van der Waals surface area contributed by atoms with Crippen LogP contribution in [0.4, 0.5) is 0 Å². The molecule has 5 heteroatoms. The van der Waals surface area contributed by atoms with Gasteiger partial charge in [-0.3, -0.25) is 4.98 Å². The zero-order valence-electron chi connectivity index (χ0n) is 8.60. The summed E-state index contributed by atoms with van der Waals surface area (Å²) in [6, 6.07) is 3.82. The maximum Gasteiger partial charge on any atom is 0.160 e. The maximum absolute atomic E-state index is 5.49. The van der Waals surface area contributed by atoms with Crippen LogP contribution in [0.25, 0.3) is 11.4 Å². The first-order chi connectivity index (χ1) is 7.79. The third-order valence-corrected chi connectivity index (χ3v) is 2.51. The van der Waals surface area contributed by atoms with Gasteiger partial charge < -0.3 is 5.73 Å². The van der Waals surface area contributed by atoms with Crippen LogP contribution in [-0.2, 0) is 6.42 Å². The molecule has 0 radical (unpaired) electrons. The van der Waals surface area contributed by atoms with Gasteiger partial charge in [0.1, 0.15) is 0 Å². The minimum absolute atomic E-state index is 0.590. The van der Waals surface area contributed by atoms with Gasteiger partial charge in [0.05, 0.1) is 0 Å². The minimum atomic E-state index is 0.590. The molecule has 2 heterocycles. The monoisotopic (exact) mass is 278 g/mol. The van der Waals surface area contributed by atoms with E-state index in [-0.39, 0.29) is 0 Å². The van der Waals surface area contributed by atoms with Crippen molar-refractivity contribution >= 4 is 15.9 Å². The lowest BCUT2D eigenvalue weighted by molar-refractivity contribution is 0.912. The van der Waals surface area contributed by atoms with E-state index in [1.54, 1.807) is 18.6 Å². The lowest BCUT2D eigenvalue weighted by Crippen LogP contribution is -2.05. The van der Waals surface area contributed by atoms with Crippen molar-refractivity contribution in [2.45, 2.75) is 6.42 Å². The molecule has 0 saturated carbocycles. The Hall–Kier alpha value is -1.33. The number of hydrogen-bond donors (Lipinski definition) is 1. The average molecular weight is 279 g/mol. The van der Waals surface area contributed by atoms with E-state index in [2.05, 4.69) is 30.9 Å². The van der Waals surface area contributed by atoms with E-state index in [0.717, 1.165) is 22.2 Å². The predicted molar refractivity (Wildman–Crippen MR) is 65.7 cm³/mol. The van der Waals surface area contributed by atoms with Crippen molar-refractivity contribution in [3.8, 4) is 11.4 Å². The second-order valence-electron chi connectivity index (χ2n) is 3.30. The first-order valence-corrected chi connectivity index (χ1v) is 5.72. The summed E-state index contributed by atoms with van der Waals surface area (Å²) in [6.45, 7) is 0.590. The molecule has 0 fully saturated rings. The fraction of sp³-hybridized carbons (Fsp3) is 0.182. The van der Waals surface area contributed by atoms with Crippen molar-refractivity contribution in [2.75, 3.05) is 6.54 Å². The molecule has 2 rings (SSSR count).